The Kier molecular flexibility index (Phi) is 2.89. The van der Waals surface area contributed by atoms with Crippen LogP contribution >= 0.6 is 22.9 Å². The molecule has 0 amide bonds. The maximum atomic E-state index is 12.0. The van der Waals surface area contributed by atoms with E-state index in [1.807, 2.05) is 37.3 Å². The first-order chi connectivity index (χ1) is 7.20. The van der Waals surface area contributed by atoms with E-state index in [0.29, 0.717) is 10.6 Å². The van der Waals surface area contributed by atoms with Crippen molar-refractivity contribution in [1.29, 1.82) is 0 Å². The van der Waals surface area contributed by atoms with E-state index in [1.165, 1.54) is 11.3 Å². The third-order valence-electron chi connectivity index (χ3n) is 2.22. The molecule has 0 unspecified atom stereocenters. The fourth-order valence-electron chi connectivity index (χ4n) is 1.34. The maximum Gasteiger partial charge on any atom is 0.203 e. The SMILES string of the molecule is Cc1c(Cl)csc1C(=O)c1ccccc1. The van der Waals surface area contributed by atoms with Gasteiger partial charge in [0, 0.05) is 10.9 Å². The van der Waals surface area contributed by atoms with E-state index in [2.05, 4.69) is 0 Å². The van der Waals surface area contributed by atoms with Crippen LogP contribution in [0, 0.1) is 6.92 Å². The Labute approximate surface area is 97.3 Å². The van der Waals surface area contributed by atoms with Gasteiger partial charge >= 0.3 is 0 Å². The van der Waals surface area contributed by atoms with Crippen molar-refractivity contribution in [2.24, 2.45) is 0 Å². The predicted octanol–water partition coefficient (Wildman–Crippen LogP) is 3.94. The van der Waals surface area contributed by atoms with Crippen molar-refractivity contribution in [2.75, 3.05) is 0 Å². The summed E-state index contributed by atoms with van der Waals surface area (Å²) in [5, 5.41) is 2.46. The molecule has 0 aliphatic heterocycles. The summed E-state index contributed by atoms with van der Waals surface area (Å²) < 4.78 is 0. The van der Waals surface area contributed by atoms with Gasteiger partial charge < -0.3 is 0 Å². The van der Waals surface area contributed by atoms with Crippen LogP contribution in [0.3, 0.4) is 0 Å². The largest absolute Gasteiger partial charge is 0.288 e. The van der Waals surface area contributed by atoms with Crippen molar-refractivity contribution >= 4 is 28.7 Å². The lowest BCUT2D eigenvalue weighted by molar-refractivity contribution is 0.104. The number of ketones is 1. The third-order valence-corrected chi connectivity index (χ3v) is 3.82. The summed E-state index contributed by atoms with van der Waals surface area (Å²) in [5.74, 6) is 0.0463. The van der Waals surface area contributed by atoms with Crippen LogP contribution < -0.4 is 0 Å². The number of rotatable bonds is 2. The Bertz CT molecular complexity index is 488. The van der Waals surface area contributed by atoms with E-state index in [1.54, 1.807) is 5.38 Å². The fraction of sp³-hybridized carbons (Fsp3) is 0.0833. The average molecular weight is 237 g/mol. The van der Waals surface area contributed by atoms with Gasteiger partial charge in [0.05, 0.1) is 9.90 Å². The van der Waals surface area contributed by atoms with Crippen LogP contribution in [0.2, 0.25) is 5.02 Å². The molecular weight excluding hydrogens is 228 g/mol. The molecular formula is C12H9ClOS. The van der Waals surface area contributed by atoms with Crippen molar-refractivity contribution in [2.45, 2.75) is 6.92 Å². The molecule has 0 bridgehead atoms. The monoisotopic (exact) mass is 236 g/mol. The van der Waals surface area contributed by atoms with Gasteiger partial charge in [-0.15, -0.1) is 11.3 Å². The first kappa shape index (κ1) is 10.4. The number of benzene rings is 1. The van der Waals surface area contributed by atoms with Gasteiger partial charge in [0.2, 0.25) is 5.78 Å². The summed E-state index contributed by atoms with van der Waals surface area (Å²) in [4.78, 5) is 12.8. The highest BCUT2D eigenvalue weighted by atomic mass is 35.5. The molecule has 2 rings (SSSR count). The van der Waals surface area contributed by atoms with Gasteiger partial charge in [0.25, 0.3) is 0 Å². The van der Waals surface area contributed by atoms with Crippen LogP contribution in [0.5, 0.6) is 0 Å². The molecule has 1 aromatic carbocycles. The lowest BCUT2D eigenvalue weighted by Crippen LogP contribution is -1.99. The van der Waals surface area contributed by atoms with Gasteiger partial charge in [-0.2, -0.15) is 0 Å². The molecule has 0 N–H and O–H groups in total. The van der Waals surface area contributed by atoms with Crippen molar-refractivity contribution in [3.63, 3.8) is 0 Å². The molecule has 76 valence electrons. The van der Waals surface area contributed by atoms with E-state index in [9.17, 15) is 4.79 Å². The van der Waals surface area contributed by atoms with Gasteiger partial charge in [-0.3, -0.25) is 4.79 Å². The Morgan fingerprint density at radius 1 is 1.27 bits per heavy atom. The summed E-state index contributed by atoms with van der Waals surface area (Å²) in [5.41, 5.74) is 1.58. The molecule has 0 aliphatic rings. The molecule has 0 radical (unpaired) electrons. The molecule has 0 saturated heterocycles. The Morgan fingerprint density at radius 2 is 1.93 bits per heavy atom. The van der Waals surface area contributed by atoms with E-state index in [4.69, 9.17) is 11.6 Å². The first-order valence-corrected chi connectivity index (χ1v) is 5.79. The van der Waals surface area contributed by atoms with Gasteiger partial charge in [0.15, 0.2) is 0 Å². The highest BCUT2D eigenvalue weighted by molar-refractivity contribution is 7.13. The van der Waals surface area contributed by atoms with Gasteiger partial charge in [-0.25, -0.2) is 0 Å². The summed E-state index contributed by atoms with van der Waals surface area (Å²) in [6, 6.07) is 9.24. The molecule has 1 heterocycles. The zero-order valence-corrected chi connectivity index (χ0v) is 9.73. The minimum atomic E-state index is 0.0463. The van der Waals surface area contributed by atoms with Crippen molar-refractivity contribution in [1.82, 2.24) is 0 Å². The molecule has 0 spiro atoms. The van der Waals surface area contributed by atoms with Gasteiger partial charge in [0.1, 0.15) is 0 Å². The molecule has 0 fully saturated rings. The van der Waals surface area contributed by atoms with Crippen LogP contribution in [0.1, 0.15) is 20.8 Å². The minimum Gasteiger partial charge on any atom is -0.288 e. The van der Waals surface area contributed by atoms with Crippen LogP contribution in [0.4, 0.5) is 0 Å². The number of carbonyl (C=O) groups excluding carboxylic acids is 1. The van der Waals surface area contributed by atoms with Crippen molar-refractivity contribution in [3.05, 3.63) is 56.7 Å². The smallest absolute Gasteiger partial charge is 0.203 e. The maximum absolute atomic E-state index is 12.0. The second-order valence-corrected chi connectivity index (χ2v) is 4.52. The predicted molar refractivity (Wildman–Crippen MR) is 63.9 cm³/mol. The summed E-state index contributed by atoms with van der Waals surface area (Å²) in [6.07, 6.45) is 0. The highest BCUT2D eigenvalue weighted by Crippen LogP contribution is 2.27. The molecule has 15 heavy (non-hydrogen) atoms. The van der Waals surface area contributed by atoms with Gasteiger partial charge in [-0.05, 0) is 12.5 Å². The van der Waals surface area contributed by atoms with Crippen LogP contribution in [-0.4, -0.2) is 5.78 Å². The Balaban J connectivity index is 2.42. The Morgan fingerprint density at radius 3 is 2.47 bits per heavy atom. The number of carbonyl (C=O) groups is 1. The lowest BCUT2D eigenvalue weighted by atomic mass is 10.1. The molecule has 0 aliphatic carbocycles. The van der Waals surface area contributed by atoms with Crippen LogP contribution in [0.25, 0.3) is 0 Å². The number of thiophene rings is 1. The number of halogens is 1. The first-order valence-electron chi connectivity index (χ1n) is 4.53. The van der Waals surface area contributed by atoms with E-state index < -0.39 is 0 Å². The second-order valence-electron chi connectivity index (χ2n) is 3.23. The second kappa shape index (κ2) is 4.17. The molecule has 1 nitrogen and oxygen atoms in total. The normalized spacial score (nSPS) is 10.3. The topological polar surface area (TPSA) is 17.1 Å². The van der Waals surface area contributed by atoms with Crippen LogP contribution in [0.15, 0.2) is 35.7 Å². The highest BCUT2D eigenvalue weighted by Gasteiger charge is 2.15. The van der Waals surface area contributed by atoms with Crippen molar-refractivity contribution in [3.8, 4) is 0 Å². The van der Waals surface area contributed by atoms with E-state index in [-0.39, 0.29) is 5.78 Å². The standard InChI is InChI=1S/C12H9ClOS/c1-8-10(13)7-15-12(8)11(14)9-5-3-2-4-6-9/h2-7H,1H3. The number of hydrogen-bond donors (Lipinski definition) is 0. The minimum absolute atomic E-state index is 0.0463. The average Bonchev–Trinajstić information content (AvgIpc) is 2.60. The molecule has 0 saturated carbocycles. The molecule has 2 aromatic rings. The third kappa shape index (κ3) is 1.96. The van der Waals surface area contributed by atoms with Gasteiger partial charge in [-0.1, -0.05) is 41.9 Å². The molecule has 1 aromatic heterocycles. The Hall–Kier alpha value is -1.12. The summed E-state index contributed by atoms with van der Waals surface area (Å²) in [7, 11) is 0. The van der Waals surface area contributed by atoms with Crippen LogP contribution in [-0.2, 0) is 0 Å². The zero-order chi connectivity index (χ0) is 10.8. The fourth-order valence-corrected chi connectivity index (χ4v) is 2.53. The van der Waals surface area contributed by atoms with E-state index in [0.717, 1.165) is 10.4 Å². The lowest BCUT2D eigenvalue weighted by Gasteiger charge is -1.99. The molecule has 0 atom stereocenters. The summed E-state index contributed by atoms with van der Waals surface area (Å²) in [6.45, 7) is 1.87. The number of hydrogen-bond acceptors (Lipinski definition) is 2. The zero-order valence-electron chi connectivity index (χ0n) is 8.16. The van der Waals surface area contributed by atoms with E-state index >= 15 is 0 Å². The quantitative estimate of drug-likeness (QED) is 0.722. The van der Waals surface area contributed by atoms with Crippen molar-refractivity contribution < 1.29 is 4.79 Å². The molecule has 3 heteroatoms. The summed E-state index contributed by atoms with van der Waals surface area (Å²) >= 11 is 7.32.